The van der Waals surface area contributed by atoms with Gasteiger partial charge in [0.1, 0.15) is 6.04 Å². The van der Waals surface area contributed by atoms with Gasteiger partial charge >= 0.3 is 5.97 Å². The van der Waals surface area contributed by atoms with Crippen LogP contribution in [-0.4, -0.2) is 25.7 Å². The molecule has 0 bridgehead atoms. The lowest BCUT2D eigenvalue weighted by molar-refractivity contribution is -0.143. The summed E-state index contributed by atoms with van der Waals surface area (Å²) < 4.78 is 4.73. The molecule has 3 nitrogen and oxygen atoms in total. The minimum atomic E-state index is -0.167. The van der Waals surface area contributed by atoms with Gasteiger partial charge in [0.2, 0.25) is 0 Å². The van der Waals surface area contributed by atoms with Crippen molar-refractivity contribution >= 4 is 30.0 Å². The minimum absolute atomic E-state index is 0. The van der Waals surface area contributed by atoms with Crippen LogP contribution in [0.2, 0.25) is 5.02 Å². The highest BCUT2D eigenvalue weighted by atomic mass is 35.5. The first kappa shape index (κ1) is 15.3. The fourth-order valence-electron chi connectivity index (χ4n) is 2.22. The van der Waals surface area contributed by atoms with Crippen LogP contribution in [0.1, 0.15) is 24.3 Å². The summed E-state index contributed by atoms with van der Waals surface area (Å²) >= 11 is 5.86. The Kier molecular flexibility index (Phi) is 5.93. The lowest BCUT2D eigenvalue weighted by atomic mass is 9.89. The number of piperidine rings is 1. The molecule has 1 N–H and O–H groups in total. The van der Waals surface area contributed by atoms with Crippen LogP contribution >= 0.6 is 24.0 Å². The summed E-state index contributed by atoms with van der Waals surface area (Å²) in [7, 11) is 1.43. The second-order valence-corrected chi connectivity index (χ2v) is 4.75. The molecular formula is C13H17Cl2NO2. The number of rotatable bonds is 2. The van der Waals surface area contributed by atoms with Crippen LogP contribution in [0, 0.1) is 0 Å². The van der Waals surface area contributed by atoms with E-state index in [0.717, 1.165) is 24.4 Å². The van der Waals surface area contributed by atoms with Gasteiger partial charge in [0.05, 0.1) is 7.11 Å². The Labute approximate surface area is 118 Å². The molecular weight excluding hydrogens is 273 g/mol. The average Bonchev–Trinajstić information content (AvgIpc) is 2.39. The molecule has 100 valence electrons. The van der Waals surface area contributed by atoms with E-state index >= 15 is 0 Å². The van der Waals surface area contributed by atoms with E-state index in [1.54, 1.807) is 0 Å². The number of hydrogen-bond acceptors (Lipinski definition) is 3. The van der Waals surface area contributed by atoms with E-state index in [0.29, 0.717) is 5.92 Å². The van der Waals surface area contributed by atoms with E-state index in [-0.39, 0.29) is 24.4 Å². The Bertz CT molecular complexity index is 386. The van der Waals surface area contributed by atoms with Gasteiger partial charge in [0.15, 0.2) is 0 Å². The number of carbonyl (C=O) groups is 1. The van der Waals surface area contributed by atoms with Crippen molar-refractivity contribution in [2.75, 3.05) is 13.7 Å². The van der Waals surface area contributed by atoms with Crippen LogP contribution in [0.3, 0.4) is 0 Å². The zero-order valence-electron chi connectivity index (χ0n) is 10.2. The Hall–Kier alpha value is -0.770. The molecule has 5 heteroatoms. The smallest absolute Gasteiger partial charge is 0.322 e. The van der Waals surface area contributed by atoms with Gasteiger partial charge in [0.25, 0.3) is 0 Å². The summed E-state index contributed by atoms with van der Waals surface area (Å²) in [6, 6.07) is 7.76. The fraction of sp³-hybridized carbons (Fsp3) is 0.462. The number of halogens is 2. The molecule has 1 aliphatic heterocycles. The van der Waals surface area contributed by atoms with E-state index in [1.807, 2.05) is 24.3 Å². The largest absolute Gasteiger partial charge is 0.468 e. The van der Waals surface area contributed by atoms with Crippen molar-refractivity contribution in [1.29, 1.82) is 0 Å². The van der Waals surface area contributed by atoms with E-state index in [9.17, 15) is 4.79 Å². The topological polar surface area (TPSA) is 38.3 Å². The highest BCUT2D eigenvalue weighted by Gasteiger charge is 2.26. The molecule has 0 spiro atoms. The number of esters is 1. The third-order valence-corrected chi connectivity index (χ3v) is 3.49. The zero-order valence-corrected chi connectivity index (χ0v) is 11.8. The van der Waals surface area contributed by atoms with Gasteiger partial charge < -0.3 is 10.1 Å². The first-order chi connectivity index (χ1) is 8.20. The van der Waals surface area contributed by atoms with Crippen molar-refractivity contribution in [3.8, 4) is 0 Å². The maximum absolute atomic E-state index is 11.4. The van der Waals surface area contributed by atoms with Gasteiger partial charge in [-0.2, -0.15) is 0 Å². The van der Waals surface area contributed by atoms with Gasteiger partial charge in [0, 0.05) is 11.6 Å². The van der Waals surface area contributed by atoms with Gasteiger partial charge in [-0.3, -0.25) is 4.79 Å². The molecule has 1 aliphatic rings. The third kappa shape index (κ3) is 3.61. The molecule has 0 aromatic heterocycles. The van der Waals surface area contributed by atoms with Gasteiger partial charge in [-0.25, -0.2) is 0 Å². The predicted molar refractivity (Wildman–Crippen MR) is 74.5 cm³/mol. The van der Waals surface area contributed by atoms with E-state index in [4.69, 9.17) is 16.3 Å². The molecule has 1 aromatic carbocycles. The lowest BCUT2D eigenvalue weighted by Crippen LogP contribution is -2.43. The predicted octanol–water partition coefficient (Wildman–Crippen LogP) is 2.77. The number of carbonyl (C=O) groups excluding carboxylic acids is 1. The minimum Gasteiger partial charge on any atom is -0.468 e. The third-order valence-electron chi connectivity index (χ3n) is 3.24. The molecule has 1 aromatic rings. The second kappa shape index (κ2) is 6.98. The van der Waals surface area contributed by atoms with Crippen molar-refractivity contribution in [1.82, 2.24) is 5.32 Å². The first-order valence-corrected chi connectivity index (χ1v) is 6.15. The van der Waals surface area contributed by atoms with E-state index < -0.39 is 0 Å². The standard InChI is InChI=1S/C13H16ClNO2.ClH/c1-17-13(16)12-7-4-10(8-15-12)9-2-5-11(14)6-3-9;/h2-3,5-6,10,12,15H,4,7-8H2,1H3;1H. The van der Waals surface area contributed by atoms with Crippen LogP contribution in [0.5, 0.6) is 0 Å². The van der Waals surface area contributed by atoms with Crippen molar-refractivity contribution in [3.05, 3.63) is 34.9 Å². The molecule has 0 saturated carbocycles. The number of ether oxygens (including phenoxy) is 1. The fourth-order valence-corrected chi connectivity index (χ4v) is 2.35. The molecule has 2 unspecified atom stereocenters. The number of nitrogens with one attached hydrogen (secondary N) is 1. The summed E-state index contributed by atoms with van der Waals surface area (Å²) in [5.41, 5.74) is 1.27. The maximum Gasteiger partial charge on any atom is 0.322 e. The monoisotopic (exact) mass is 289 g/mol. The molecule has 1 saturated heterocycles. The molecule has 1 fully saturated rings. The Morgan fingerprint density at radius 1 is 1.33 bits per heavy atom. The van der Waals surface area contributed by atoms with Crippen LogP contribution in [0.25, 0.3) is 0 Å². The molecule has 18 heavy (non-hydrogen) atoms. The molecule has 0 amide bonds. The van der Waals surface area contributed by atoms with Gasteiger partial charge in [-0.1, -0.05) is 23.7 Å². The molecule has 2 rings (SSSR count). The molecule has 1 heterocycles. The van der Waals surface area contributed by atoms with E-state index in [1.165, 1.54) is 12.7 Å². The van der Waals surface area contributed by atoms with Crippen molar-refractivity contribution in [2.24, 2.45) is 0 Å². The van der Waals surface area contributed by atoms with Crippen molar-refractivity contribution in [2.45, 2.75) is 24.8 Å². The highest BCUT2D eigenvalue weighted by molar-refractivity contribution is 6.30. The first-order valence-electron chi connectivity index (χ1n) is 5.77. The SMILES string of the molecule is COC(=O)C1CCC(c2ccc(Cl)cc2)CN1.Cl. The van der Waals surface area contributed by atoms with Crippen LogP contribution in [0.4, 0.5) is 0 Å². The number of methoxy groups -OCH3 is 1. The van der Waals surface area contributed by atoms with Crippen LogP contribution < -0.4 is 5.32 Å². The lowest BCUT2D eigenvalue weighted by Gasteiger charge is -2.28. The Morgan fingerprint density at radius 2 is 2.00 bits per heavy atom. The summed E-state index contributed by atoms with van der Waals surface area (Å²) in [5.74, 6) is 0.285. The average molecular weight is 290 g/mol. The van der Waals surface area contributed by atoms with Crippen molar-refractivity contribution < 1.29 is 9.53 Å². The summed E-state index contributed by atoms with van der Waals surface area (Å²) in [6.07, 6.45) is 1.81. The van der Waals surface area contributed by atoms with Crippen LogP contribution in [0.15, 0.2) is 24.3 Å². The molecule has 0 radical (unpaired) electrons. The molecule has 0 aliphatic carbocycles. The van der Waals surface area contributed by atoms with Gasteiger partial charge in [-0.05, 0) is 36.5 Å². The van der Waals surface area contributed by atoms with Gasteiger partial charge in [-0.15, -0.1) is 12.4 Å². The Morgan fingerprint density at radius 3 is 2.50 bits per heavy atom. The maximum atomic E-state index is 11.4. The molecule has 2 atom stereocenters. The normalized spacial score (nSPS) is 23.0. The summed E-state index contributed by atoms with van der Waals surface area (Å²) in [4.78, 5) is 11.4. The Balaban J connectivity index is 0.00000162. The summed E-state index contributed by atoms with van der Waals surface area (Å²) in [6.45, 7) is 0.807. The number of benzene rings is 1. The number of hydrogen-bond donors (Lipinski definition) is 1. The second-order valence-electron chi connectivity index (χ2n) is 4.31. The summed E-state index contributed by atoms with van der Waals surface area (Å²) in [5, 5.41) is 3.98. The van der Waals surface area contributed by atoms with E-state index in [2.05, 4.69) is 5.32 Å². The van der Waals surface area contributed by atoms with Crippen molar-refractivity contribution in [3.63, 3.8) is 0 Å². The quantitative estimate of drug-likeness (QED) is 0.851. The highest BCUT2D eigenvalue weighted by Crippen LogP contribution is 2.26. The van der Waals surface area contributed by atoms with Crippen LogP contribution in [-0.2, 0) is 9.53 Å². The zero-order chi connectivity index (χ0) is 12.3.